The van der Waals surface area contributed by atoms with Crippen LogP contribution in [-0.4, -0.2) is 14.6 Å². The smallest absolute Gasteiger partial charge is 0.276 e. The van der Waals surface area contributed by atoms with Crippen molar-refractivity contribution >= 4 is 40.6 Å². The average molecular weight is 378 g/mol. The number of nitrogens with zero attached hydrogens (tertiary/aromatic N) is 3. The Hall–Kier alpha value is -1.44. The Morgan fingerprint density at radius 3 is 2.43 bits per heavy atom. The molecule has 0 N–H and O–H groups in total. The zero-order chi connectivity index (χ0) is 16.6. The highest BCUT2D eigenvalue weighted by Gasteiger charge is 2.32. The summed E-state index contributed by atoms with van der Waals surface area (Å²) >= 11 is 12.9. The normalized spacial score (nSPS) is 12.0. The SMILES string of the molecule is FC(F)(F)c1cc(Cl)c2nnc(SCc3ccc(Cl)cc3)n2c1. The van der Waals surface area contributed by atoms with Crippen molar-refractivity contribution in [1.29, 1.82) is 0 Å². The molecule has 0 fully saturated rings. The molecule has 0 aliphatic heterocycles. The van der Waals surface area contributed by atoms with E-state index in [4.69, 9.17) is 23.2 Å². The Bertz CT molecular complexity index is 847. The Morgan fingerprint density at radius 2 is 1.78 bits per heavy atom. The molecule has 2 aromatic heterocycles. The minimum Gasteiger partial charge on any atom is -0.276 e. The number of fused-ring (bicyclic) bond motifs is 1. The number of pyridine rings is 1. The summed E-state index contributed by atoms with van der Waals surface area (Å²) in [5.74, 6) is 0.520. The van der Waals surface area contributed by atoms with Gasteiger partial charge in [-0.15, -0.1) is 10.2 Å². The van der Waals surface area contributed by atoms with Crippen LogP contribution in [0.25, 0.3) is 5.65 Å². The van der Waals surface area contributed by atoms with E-state index in [0.717, 1.165) is 17.8 Å². The predicted octanol–water partition coefficient (Wildman–Crippen LogP) is 5.35. The van der Waals surface area contributed by atoms with Crippen molar-refractivity contribution in [3.05, 3.63) is 57.7 Å². The van der Waals surface area contributed by atoms with Gasteiger partial charge in [0.15, 0.2) is 10.8 Å². The fourth-order valence-corrected chi connectivity index (χ4v) is 3.15. The number of alkyl halides is 3. The Morgan fingerprint density at radius 1 is 1.09 bits per heavy atom. The highest BCUT2D eigenvalue weighted by atomic mass is 35.5. The second-order valence-corrected chi connectivity index (χ2v) is 6.45. The van der Waals surface area contributed by atoms with E-state index in [2.05, 4.69) is 10.2 Å². The molecule has 1 aromatic carbocycles. The maximum atomic E-state index is 12.9. The van der Waals surface area contributed by atoms with Gasteiger partial charge in [0.05, 0.1) is 10.6 Å². The molecule has 0 amide bonds. The van der Waals surface area contributed by atoms with Crippen LogP contribution in [0.3, 0.4) is 0 Å². The first-order valence-corrected chi connectivity index (χ1v) is 8.07. The van der Waals surface area contributed by atoms with E-state index in [9.17, 15) is 13.2 Å². The van der Waals surface area contributed by atoms with Crippen molar-refractivity contribution in [2.75, 3.05) is 0 Å². The van der Waals surface area contributed by atoms with Crippen molar-refractivity contribution < 1.29 is 13.2 Å². The van der Waals surface area contributed by atoms with Crippen molar-refractivity contribution in [2.45, 2.75) is 17.1 Å². The van der Waals surface area contributed by atoms with Crippen LogP contribution in [0.15, 0.2) is 41.7 Å². The second-order valence-electron chi connectivity index (χ2n) is 4.67. The number of hydrogen-bond donors (Lipinski definition) is 0. The molecule has 0 aliphatic carbocycles. The molecule has 2 heterocycles. The van der Waals surface area contributed by atoms with Crippen LogP contribution in [0.5, 0.6) is 0 Å². The first-order valence-electron chi connectivity index (χ1n) is 6.33. The first kappa shape index (κ1) is 16.4. The van der Waals surface area contributed by atoms with Crippen molar-refractivity contribution in [1.82, 2.24) is 14.6 Å². The van der Waals surface area contributed by atoms with Gasteiger partial charge >= 0.3 is 6.18 Å². The van der Waals surface area contributed by atoms with Crippen LogP contribution < -0.4 is 0 Å². The topological polar surface area (TPSA) is 30.2 Å². The summed E-state index contributed by atoms with van der Waals surface area (Å²) in [6.07, 6.45) is -3.54. The standard InChI is InChI=1S/C14H8Cl2F3N3S/c15-10-3-1-8(2-4-10)7-23-13-21-20-12-11(16)5-9(6-22(12)13)14(17,18)19/h1-6H,7H2. The lowest BCUT2D eigenvalue weighted by molar-refractivity contribution is -0.137. The van der Waals surface area contributed by atoms with Crippen molar-refractivity contribution in [3.8, 4) is 0 Å². The van der Waals surface area contributed by atoms with Crippen molar-refractivity contribution in [2.24, 2.45) is 0 Å². The summed E-state index contributed by atoms with van der Waals surface area (Å²) in [5, 5.41) is 8.61. The zero-order valence-corrected chi connectivity index (χ0v) is 13.6. The molecule has 120 valence electrons. The summed E-state index contributed by atoms with van der Waals surface area (Å²) in [6, 6.07) is 8.02. The lowest BCUT2D eigenvalue weighted by atomic mass is 10.2. The van der Waals surface area contributed by atoms with Gasteiger partial charge in [-0.05, 0) is 23.8 Å². The third-order valence-corrected chi connectivity index (χ3v) is 4.58. The fraction of sp³-hybridized carbons (Fsp3) is 0.143. The van der Waals surface area contributed by atoms with E-state index in [1.807, 2.05) is 12.1 Å². The van der Waals surface area contributed by atoms with Gasteiger partial charge in [0.1, 0.15) is 0 Å². The number of hydrogen-bond acceptors (Lipinski definition) is 3. The fourth-order valence-electron chi connectivity index (χ4n) is 1.92. The van der Waals surface area contributed by atoms with Gasteiger partial charge in [0, 0.05) is 17.0 Å². The maximum absolute atomic E-state index is 12.9. The summed E-state index contributed by atoms with van der Waals surface area (Å²) in [5.41, 5.74) is 0.315. The Kier molecular flexibility index (Phi) is 4.44. The molecule has 0 aliphatic rings. The molecule has 0 saturated heterocycles. The van der Waals surface area contributed by atoms with Crippen LogP contribution in [-0.2, 0) is 11.9 Å². The summed E-state index contributed by atoms with van der Waals surface area (Å²) in [7, 11) is 0. The number of rotatable bonds is 3. The molecule has 0 saturated carbocycles. The first-order chi connectivity index (χ1) is 10.8. The average Bonchev–Trinajstić information content (AvgIpc) is 2.89. The molecular formula is C14H8Cl2F3N3S. The number of halogens is 5. The molecule has 0 spiro atoms. The van der Waals surface area contributed by atoms with E-state index in [1.165, 1.54) is 16.2 Å². The third-order valence-electron chi connectivity index (χ3n) is 3.04. The van der Waals surface area contributed by atoms with Crippen LogP contribution >= 0.6 is 35.0 Å². The minimum absolute atomic E-state index is 0.0920. The summed E-state index contributed by atoms with van der Waals surface area (Å²) in [4.78, 5) is 0. The number of aromatic nitrogens is 3. The van der Waals surface area contributed by atoms with Gasteiger partial charge in [-0.1, -0.05) is 47.1 Å². The lowest BCUT2D eigenvalue weighted by Crippen LogP contribution is -2.07. The zero-order valence-electron chi connectivity index (χ0n) is 11.3. The molecule has 9 heteroatoms. The van der Waals surface area contributed by atoms with Crippen molar-refractivity contribution in [3.63, 3.8) is 0 Å². The van der Waals surface area contributed by atoms with Gasteiger partial charge in [-0.3, -0.25) is 4.40 Å². The lowest BCUT2D eigenvalue weighted by Gasteiger charge is -2.08. The van der Waals surface area contributed by atoms with Gasteiger partial charge in [0.2, 0.25) is 0 Å². The third kappa shape index (κ3) is 3.57. The van der Waals surface area contributed by atoms with Gasteiger partial charge in [-0.25, -0.2) is 0 Å². The highest BCUT2D eigenvalue weighted by Crippen LogP contribution is 2.33. The predicted molar refractivity (Wildman–Crippen MR) is 84.0 cm³/mol. The van der Waals surface area contributed by atoms with E-state index in [0.29, 0.717) is 15.9 Å². The maximum Gasteiger partial charge on any atom is 0.417 e. The Balaban J connectivity index is 1.92. The second kappa shape index (κ2) is 6.22. The van der Waals surface area contributed by atoms with E-state index < -0.39 is 11.7 Å². The molecule has 0 bridgehead atoms. The van der Waals surface area contributed by atoms with E-state index in [-0.39, 0.29) is 10.7 Å². The molecule has 3 nitrogen and oxygen atoms in total. The summed E-state index contributed by atoms with van der Waals surface area (Å²) < 4.78 is 39.9. The molecule has 0 atom stereocenters. The largest absolute Gasteiger partial charge is 0.417 e. The number of benzene rings is 1. The molecular weight excluding hydrogens is 370 g/mol. The highest BCUT2D eigenvalue weighted by molar-refractivity contribution is 7.98. The molecule has 23 heavy (non-hydrogen) atoms. The van der Waals surface area contributed by atoms with Crippen LogP contribution in [0.4, 0.5) is 13.2 Å². The summed E-state index contributed by atoms with van der Waals surface area (Å²) in [6.45, 7) is 0. The van der Waals surface area contributed by atoms with Gasteiger partial charge in [0.25, 0.3) is 0 Å². The number of thioether (sulfide) groups is 1. The molecule has 0 radical (unpaired) electrons. The molecule has 3 aromatic rings. The minimum atomic E-state index is -4.49. The van der Waals surface area contributed by atoms with Crippen LogP contribution in [0, 0.1) is 0 Å². The quantitative estimate of drug-likeness (QED) is 0.576. The van der Waals surface area contributed by atoms with Gasteiger partial charge in [-0.2, -0.15) is 13.2 Å². The molecule has 0 unspecified atom stereocenters. The molecule has 3 rings (SSSR count). The van der Waals surface area contributed by atoms with Crippen LogP contribution in [0.2, 0.25) is 10.0 Å². The van der Waals surface area contributed by atoms with Crippen LogP contribution in [0.1, 0.15) is 11.1 Å². The van der Waals surface area contributed by atoms with Gasteiger partial charge < -0.3 is 0 Å². The van der Waals surface area contributed by atoms with E-state index in [1.54, 1.807) is 12.1 Å². The Labute approximate surface area is 143 Å². The monoisotopic (exact) mass is 377 g/mol. The van der Waals surface area contributed by atoms with E-state index >= 15 is 0 Å².